The second-order valence-electron chi connectivity index (χ2n) is 8.55. The van der Waals surface area contributed by atoms with E-state index in [1.807, 2.05) is 27.7 Å². The summed E-state index contributed by atoms with van der Waals surface area (Å²) in [7, 11) is 0. The van der Waals surface area contributed by atoms with Crippen molar-refractivity contribution < 1.29 is 19.1 Å². The smallest absolute Gasteiger partial charge is 0.410 e. The van der Waals surface area contributed by atoms with E-state index in [9.17, 15) is 14.4 Å². The van der Waals surface area contributed by atoms with E-state index in [1.165, 1.54) is 6.20 Å². The van der Waals surface area contributed by atoms with Gasteiger partial charge in [0.15, 0.2) is 0 Å². The van der Waals surface area contributed by atoms with E-state index in [0.717, 1.165) is 0 Å². The lowest BCUT2D eigenvalue weighted by molar-refractivity contribution is 0.00198. The lowest BCUT2D eigenvalue weighted by Crippen LogP contribution is -2.56. The highest BCUT2D eigenvalue weighted by molar-refractivity contribution is 6.05. The van der Waals surface area contributed by atoms with Gasteiger partial charge in [0, 0.05) is 49.3 Å². The van der Waals surface area contributed by atoms with Crippen LogP contribution >= 0.6 is 0 Å². The van der Waals surface area contributed by atoms with Crippen LogP contribution in [0, 0.1) is 0 Å². The number of amides is 3. The van der Waals surface area contributed by atoms with Crippen LogP contribution in [0.5, 0.6) is 0 Å². The molecule has 2 heterocycles. The largest absolute Gasteiger partial charge is 0.444 e. The molecule has 0 saturated carbocycles. The average Bonchev–Trinajstić information content (AvgIpc) is 2.72. The van der Waals surface area contributed by atoms with E-state index >= 15 is 0 Å². The summed E-state index contributed by atoms with van der Waals surface area (Å²) in [6, 6.07) is 10.0. The molecule has 1 unspecified atom stereocenters. The van der Waals surface area contributed by atoms with Crippen molar-refractivity contribution in [2.75, 3.05) is 25.0 Å². The Labute approximate surface area is 182 Å². The monoisotopic (exact) mass is 424 g/mol. The molecule has 31 heavy (non-hydrogen) atoms. The number of carbonyl (C=O) groups is 3. The van der Waals surface area contributed by atoms with Gasteiger partial charge in [-0.3, -0.25) is 14.6 Å². The molecule has 1 aromatic heterocycles. The molecule has 1 fully saturated rings. The van der Waals surface area contributed by atoms with Crippen LogP contribution in [0.15, 0.2) is 48.8 Å². The predicted octanol–water partition coefficient (Wildman–Crippen LogP) is 3.42. The fourth-order valence-electron chi connectivity index (χ4n) is 3.35. The Morgan fingerprint density at radius 1 is 1.10 bits per heavy atom. The third-order valence-electron chi connectivity index (χ3n) is 4.83. The number of rotatable bonds is 3. The van der Waals surface area contributed by atoms with Crippen LogP contribution in [0.4, 0.5) is 10.5 Å². The molecule has 2 aromatic rings. The van der Waals surface area contributed by atoms with Gasteiger partial charge in [-0.05, 0) is 58.0 Å². The van der Waals surface area contributed by atoms with Gasteiger partial charge in [0.25, 0.3) is 11.8 Å². The van der Waals surface area contributed by atoms with E-state index in [0.29, 0.717) is 36.4 Å². The molecule has 0 radical (unpaired) electrons. The molecule has 1 atom stereocenters. The first kappa shape index (κ1) is 22.3. The van der Waals surface area contributed by atoms with Gasteiger partial charge >= 0.3 is 6.09 Å². The van der Waals surface area contributed by atoms with Gasteiger partial charge in [-0.15, -0.1) is 0 Å². The second-order valence-corrected chi connectivity index (χ2v) is 8.55. The van der Waals surface area contributed by atoms with Gasteiger partial charge in [-0.1, -0.05) is 6.07 Å². The fourth-order valence-corrected chi connectivity index (χ4v) is 3.35. The van der Waals surface area contributed by atoms with E-state index in [4.69, 9.17) is 4.74 Å². The van der Waals surface area contributed by atoms with Crippen molar-refractivity contribution in [2.24, 2.45) is 0 Å². The van der Waals surface area contributed by atoms with Crippen molar-refractivity contribution in [1.82, 2.24) is 14.8 Å². The quantitative estimate of drug-likeness (QED) is 0.815. The number of aromatic nitrogens is 1. The molecule has 3 rings (SSSR count). The number of hydrogen-bond donors (Lipinski definition) is 1. The Balaban J connectivity index is 1.64. The summed E-state index contributed by atoms with van der Waals surface area (Å²) in [5.41, 5.74) is 0.873. The summed E-state index contributed by atoms with van der Waals surface area (Å²) in [6.45, 7) is 8.60. The molecule has 1 aromatic carbocycles. The van der Waals surface area contributed by atoms with Gasteiger partial charge in [0.2, 0.25) is 0 Å². The maximum Gasteiger partial charge on any atom is 0.410 e. The van der Waals surface area contributed by atoms with Crippen molar-refractivity contribution in [3.05, 3.63) is 59.9 Å². The van der Waals surface area contributed by atoms with Crippen LogP contribution in [-0.4, -0.2) is 64.0 Å². The Morgan fingerprint density at radius 2 is 1.84 bits per heavy atom. The minimum atomic E-state index is -0.565. The van der Waals surface area contributed by atoms with E-state index in [1.54, 1.807) is 52.4 Å². The van der Waals surface area contributed by atoms with Crippen molar-refractivity contribution in [2.45, 2.75) is 39.3 Å². The number of hydrogen-bond acceptors (Lipinski definition) is 5. The molecule has 8 heteroatoms. The number of benzene rings is 1. The molecule has 8 nitrogen and oxygen atoms in total. The number of pyridine rings is 1. The summed E-state index contributed by atoms with van der Waals surface area (Å²) in [4.78, 5) is 45.1. The van der Waals surface area contributed by atoms with Crippen LogP contribution < -0.4 is 5.32 Å². The minimum Gasteiger partial charge on any atom is -0.444 e. The van der Waals surface area contributed by atoms with Gasteiger partial charge < -0.3 is 19.9 Å². The third-order valence-corrected chi connectivity index (χ3v) is 4.83. The van der Waals surface area contributed by atoms with Crippen LogP contribution in [-0.2, 0) is 4.74 Å². The summed E-state index contributed by atoms with van der Waals surface area (Å²) < 4.78 is 5.46. The Hall–Kier alpha value is -3.42. The standard InChI is InChI=1S/C23H28N4O4/c1-16-15-26(11-12-27(16)22(30)31-23(2,3)4)21(29)17-7-5-9-19(13-17)25-20(28)18-8-6-10-24-14-18/h5-10,13-14,16H,11-12,15H2,1-4H3,(H,25,28). The van der Waals surface area contributed by atoms with Crippen LogP contribution in [0.25, 0.3) is 0 Å². The van der Waals surface area contributed by atoms with E-state index in [2.05, 4.69) is 10.3 Å². The first-order valence-corrected chi connectivity index (χ1v) is 10.2. The number of piperazine rings is 1. The van der Waals surface area contributed by atoms with E-state index < -0.39 is 5.60 Å². The first-order chi connectivity index (χ1) is 14.6. The zero-order valence-electron chi connectivity index (χ0n) is 18.3. The van der Waals surface area contributed by atoms with Gasteiger partial charge in [-0.2, -0.15) is 0 Å². The lowest BCUT2D eigenvalue weighted by atomic mass is 10.1. The molecule has 1 saturated heterocycles. The average molecular weight is 425 g/mol. The highest BCUT2D eigenvalue weighted by atomic mass is 16.6. The topological polar surface area (TPSA) is 91.8 Å². The Bertz CT molecular complexity index is 956. The number of nitrogens with one attached hydrogen (secondary N) is 1. The zero-order chi connectivity index (χ0) is 22.6. The number of anilines is 1. The van der Waals surface area contributed by atoms with Crippen molar-refractivity contribution >= 4 is 23.6 Å². The summed E-state index contributed by atoms with van der Waals surface area (Å²) >= 11 is 0. The van der Waals surface area contributed by atoms with Gasteiger partial charge in [0.1, 0.15) is 5.60 Å². The molecule has 164 valence electrons. The molecule has 3 amide bonds. The fraction of sp³-hybridized carbons (Fsp3) is 0.391. The van der Waals surface area contributed by atoms with Crippen LogP contribution in [0.2, 0.25) is 0 Å². The van der Waals surface area contributed by atoms with Crippen LogP contribution in [0.3, 0.4) is 0 Å². The maximum atomic E-state index is 13.0. The van der Waals surface area contributed by atoms with Gasteiger partial charge in [0.05, 0.1) is 5.56 Å². The molecular formula is C23H28N4O4. The number of ether oxygens (including phenoxy) is 1. The van der Waals surface area contributed by atoms with Gasteiger partial charge in [-0.25, -0.2) is 4.79 Å². The Morgan fingerprint density at radius 3 is 2.48 bits per heavy atom. The highest BCUT2D eigenvalue weighted by Gasteiger charge is 2.32. The summed E-state index contributed by atoms with van der Waals surface area (Å²) in [6.07, 6.45) is 2.71. The predicted molar refractivity (Wildman–Crippen MR) is 117 cm³/mol. The maximum absolute atomic E-state index is 13.0. The second kappa shape index (κ2) is 9.16. The third kappa shape index (κ3) is 5.81. The van der Waals surface area contributed by atoms with Crippen molar-refractivity contribution in [3.63, 3.8) is 0 Å². The van der Waals surface area contributed by atoms with E-state index in [-0.39, 0.29) is 23.9 Å². The Kier molecular flexibility index (Phi) is 6.58. The highest BCUT2D eigenvalue weighted by Crippen LogP contribution is 2.19. The molecule has 1 N–H and O–H groups in total. The molecular weight excluding hydrogens is 396 g/mol. The molecule has 1 aliphatic heterocycles. The minimum absolute atomic E-state index is 0.145. The van der Waals surface area contributed by atoms with Crippen molar-refractivity contribution in [3.8, 4) is 0 Å². The molecule has 0 bridgehead atoms. The van der Waals surface area contributed by atoms with Crippen molar-refractivity contribution in [1.29, 1.82) is 0 Å². The number of carbonyl (C=O) groups excluding carboxylic acids is 3. The SMILES string of the molecule is CC1CN(C(=O)c2cccc(NC(=O)c3cccnc3)c2)CCN1C(=O)OC(C)(C)C. The van der Waals surface area contributed by atoms with Crippen LogP contribution in [0.1, 0.15) is 48.4 Å². The molecule has 1 aliphatic rings. The zero-order valence-corrected chi connectivity index (χ0v) is 18.3. The lowest BCUT2D eigenvalue weighted by Gasteiger charge is -2.40. The normalized spacial score (nSPS) is 16.6. The molecule has 0 aliphatic carbocycles. The number of nitrogens with zero attached hydrogens (tertiary/aromatic N) is 3. The summed E-state index contributed by atoms with van der Waals surface area (Å²) in [5.74, 6) is -0.439. The molecule has 0 spiro atoms. The first-order valence-electron chi connectivity index (χ1n) is 10.2. The summed E-state index contributed by atoms with van der Waals surface area (Å²) in [5, 5.41) is 2.79.